The highest BCUT2D eigenvalue weighted by Crippen LogP contribution is 2.40. The first-order chi connectivity index (χ1) is 15.2. The predicted octanol–water partition coefficient (Wildman–Crippen LogP) is 2.12. The molecule has 0 spiro atoms. The van der Waals surface area contributed by atoms with Crippen molar-refractivity contribution in [3.63, 3.8) is 0 Å². The van der Waals surface area contributed by atoms with Gasteiger partial charge >= 0.3 is 11.9 Å². The number of methoxy groups -OCH3 is 1. The number of nitro groups is 1. The number of nitro benzene ring substituents is 1. The molecular formula is C22H29N3O7. The van der Waals surface area contributed by atoms with Crippen molar-refractivity contribution >= 4 is 17.6 Å². The summed E-state index contributed by atoms with van der Waals surface area (Å²) >= 11 is 0. The summed E-state index contributed by atoms with van der Waals surface area (Å²) in [4.78, 5) is 38.5. The van der Waals surface area contributed by atoms with E-state index < -0.39 is 22.8 Å². The average molecular weight is 447 g/mol. The summed E-state index contributed by atoms with van der Waals surface area (Å²) in [7, 11) is 5.07. The minimum Gasteiger partial charge on any atom is -0.466 e. The van der Waals surface area contributed by atoms with Gasteiger partial charge in [-0.25, -0.2) is 9.59 Å². The quantitative estimate of drug-likeness (QED) is 0.249. The smallest absolute Gasteiger partial charge is 0.336 e. The fourth-order valence-electron chi connectivity index (χ4n) is 3.41. The molecule has 1 aliphatic rings. The van der Waals surface area contributed by atoms with Crippen LogP contribution in [0.1, 0.15) is 25.3 Å². The number of carbonyl (C=O) groups is 2. The molecule has 1 aliphatic heterocycles. The Bertz CT molecular complexity index is 937. The molecule has 174 valence electrons. The van der Waals surface area contributed by atoms with Crippen LogP contribution in [0.15, 0.2) is 46.8 Å². The van der Waals surface area contributed by atoms with Crippen LogP contribution in [-0.4, -0.2) is 69.3 Å². The molecule has 0 saturated carbocycles. The van der Waals surface area contributed by atoms with Crippen molar-refractivity contribution in [3.8, 4) is 0 Å². The second-order valence-corrected chi connectivity index (χ2v) is 7.41. The number of carbonyl (C=O) groups excluding carboxylic acids is 2. The van der Waals surface area contributed by atoms with Gasteiger partial charge in [-0.3, -0.25) is 10.1 Å². The van der Waals surface area contributed by atoms with Crippen molar-refractivity contribution in [2.75, 3.05) is 47.6 Å². The molecule has 0 aliphatic carbocycles. The van der Waals surface area contributed by atoms with Gasteiger partial charge in [0.05, 0.1) is 54.6 Å². The van der Waals surface area contributed by atoms with Crippen LogP contribution in [0.5, 0.6) is 0 Å². The van der Waals surface area contributed by atoms with E-state index in [1.165, 1.54) is 25.3 Å². The van der Waals surface area contributed by atoms with Gasteiger partial charge in [-0.05, 0) is 33.5 Å². The molecule has 32 heavy (non-hydrogen) atoms. The molecule has 0 saturated heterocycles. The zero-order valence-corrected chi connectivity index (χ0v) is 19.0. The third-order valence-corrected chi connectivity index (χ3v) is 4.89. The fourth-order valence-corrected chi connectivity index (χ4v) is 3.41. The maximum atomic E-state index is 13.0. The molecule has 2 rings (SSSR count). The Morgan fingerprint density at radius 1 is 1.22 bits per heavy atom. The molecule has 1 unspecified atom stereocenters. The van der Waals surface area contributed by atoms with Crippen molar-refractivity contribution in [1.29, 1.82) is 0 Å². The van der Waals surface area contributed by atoms with Gasteiger partial charge < -0.3 is 24.4 Å². The number of hydrogen-bond acceptors (Lipinski definition) is 9. The number of likely N-dealkylation sites (N-methyl/N-ethyl adjacent to an activating group) is 1. The fraction of sp³-hybridized carbons (Fsp3) is 0.455. The van der Waals surface area contributed by atoms with E-state index in [2.05, 4.69) is 5.32 Å². The number of hydrogen-bond donors (Lipinski definition) is 1. The topological polar surface area (TPSA) is 120 Å². The number of rotatable bonds is 10. The van der Waals surface area contributed by atoms with Crippen molar-refractivity contribution in [2.24, 2.45) is 0 Å². The van der Waals surface area contributed by atoms with Gasteiger partial charge in [0.15, 0.2) is 0 Å². The maximum Gasteiger partial charge on any atom is 0.336 e. The molecule has 0 bridgehead atoms. The van der Waals surface area contributed by atoms with Crippen LogP contribution in [0.25, 0.3) is 0 Å². The second-order valence-electron chi connectivity index (χ2n) is 7.41. The van der Waals surface area contributed by atoms with Gasteiger partial charge in [0.1, 0.15) is 0 Å². The number of ether oxygens (including phenoxy) is 3. The van der Waals surface area contributed by atoms with E-state index in [0.717, 1.165) is 0 Å². The average Bonchev–Trinajstić information content (AvgIpc) is 2.75. The van der Waals surface area contributed by atoms with Crippen molar-refractivity contribution < 1.29 is 28.7 Å². The maximum absolute atomic E-state index is 13.0. The van der Waals surface area contributed by atoms with Crippen LogP contribution < -0.4 is 5.32 Å². The van der Waals surface area contributed by atoms with Crippen molar-refractivity contribution in [1.82, 2.24) is 10.2 Å². The third-order valence-electron chi connectivity index (χ3n) is 4.89. The van der Waals surface area contributed by atoms with E-state index in [4.69, 9.17) is 14.2 Å². The van der Waals surface area contributed by atoms with Crippen LogP contribution in [0.3, 0.4) is 0 Å². The lowest BCUT2D eigenvalue weighted by molar-refractivity contribution is -0.384. The summed E-state index contributed by atoms with van der Waals surface area (Å²) < 4.78 is 16.0. The Morgan fingerprint density at radius 3 is 2.53 bits per heavy atom. The van der Waals surface area contributed by atoms with Crippen LogP contribution in [0.2, 0.25) is 0 Å². The van der Waals surface area contributed by atoms with Crippen LogP contribution >= 0.6 is 0 Å². The van der Waals surface area contributed by atoms with E-state index in [0.29, 0.717) is 30.1 Å². The summed E-state index contributed by atoms with van der Waals surface area (Å²) in [6, 6.07) is 5.83. The van der Waals surface area contributed by atoms with Gasteiger partial charge in [-0.2, -0.15) is 0 Å². The molecule has 1 N–H and O–H groups in total. The molecule has 10 nitrogen and oxygen atoms in total. The number of nitrogens with one attached hydrogen (secondary N) is 1. The number of non-ortho nitro benzene ring substituents is 1. The van der Waals surface area contributed by atoms with Crippen LogP contribution in [-0.2, 0) is 23.8 Å². The van der Waals surface area contributed by atoms with Crippen LogP contribution in [0, 0.1) is 10.1 Å². The standard InChI is InChI=1S/C22H29N3O7/c1-6-32-22(27)20-17(13-31-11-10-24(3)4)23-14(2)18(21(26)30-5)19(20)15-8-7-9-16(12-15)25(28)29/h7-9,12,19,23H,6,10-11,13H2,1-5H3. The molecular weight excluding hydrogens is 418 g/mol. The Morgan fingerprint density at radius 2 is 1.94 bits per heavy atom. The lowest BCUT2D eigenvalue weighted by atomic mass is 9.80. The number of dihydropyridines is 1. The highest BCUT2D eigenvalue weighted by molar-refractivity contribution is 6.00. The lowest BCUT2D eigenvalue weighted by Crippen LogP contribution is -2.35. The highest BCUT2D eigenvalue weighted by Gasteiger charge is 2.39. The third kappa shape index (κ3) is 5.92. The molecule has 0 aromatic heterocycles. The largest absolute Gasteiger partial charge is 0.466 e. The predicted molar refractivity (Wildman–Crippen MR) is 117 cm³/mol. The molecule has 0 radical (unpaired) electrons. The minimum atomic E-state index is -0.921. The molecule has 0 amide bonds. The zero-order valence-electron chi connectivity index (χ0n) is 19.0. The summed E-state index contributed by atoms with van der Waals surface area (Å²) in [5, 5.41) is 14.4. The molecule has 1 atom stereocenters. The Balaban J connectivity index is 2.62. The van der Waals surface area contributed by atoms with E-state index in [-0.39, 0.29) is 30.0 Å². The normalized spacial score (nSPS) is 16.1. The first-order valence-corrected chi connectivity index (χ1v) is 10.1. The first kappa shape index (κ1) is 25.0. The van der Waals surface area contributed by atoms with Gasteiger partial charge in [-0.1, -0.05) is 12.1 Å². The highest BCUT2D eigenvalue weighted by atomic mass is 16.6. The summed E-state index contributed by atoms with van der Waals surface area (Å²) in [6.45, 7) is 4.64. The zero-order chi connectivity index (χ0) is 23.8. The minimum absolute atomic E-state index is 0.0687. The van der Waals surface area contributed by atoms with E-state index >= 15 is 0 Å². The molecule has 1 aromatic carbocycles. The van der Waals surface area contributed by atoms with E-state index in [9.17, 15) is 19.7 Å². The van der Waals surface area contributed by atoms with Gasteiger partial charge in [0.2, 0.25) is 0 Å². The van der Waals surface area contributed by atoms with Gasteiger partial charge in [0.25, 0.3) is 5.69 Å². The molecule has 0 fully saturated rings. The number of benzene rings is 1. The summed E-state index contributed by atoms with van der Waals surface area (Å²) in [5.74, 6) is -2.22. The van der Waals surface area contributed by atoms with E-state index in [1.807, 2.05) is 19.0 Å². The number of allylic oxidation sites excluding steroid dienone is 1. The molecule has 1 heterocycles. The van der Waals surface area contributed by atoms with Gasteiger partial charge in [-0.15, -0.1) is 0 Å². The van der Waals surface area contributed by atoms with Gasteiger partial charge in [0, 0.05) is 24.4 Å². The second kappa shape index (κ2) is 11.4. The first-order valence-electron chi connectivity index (χ1n) is 10.1. The van der Waals surface area contributed by atoms with Crippen molar-refractivity contribution in [3.05, 3.63) is 62.5 Å². The Hall–Kier alpha value is -3.24. The number of nitrogens with zero attached hydrogens (tertiary/aromatic N) is 2. The number of esters is 2. The Labute approximate surface area is 187 Å². The summed E-state index contributed by atoms with van der Waals surface area (Å²) in [5.41, 5.74) is 1.47. The lowest BCUT2D eigenvalue weighted by Gasteiger charge is -2.31. The molecule has 10 heteroatoms. The SMILES string of the molecule is CCOC(=O)C1=C(COCCN(C)C)NC(C)=C(C(=O)OC)C1c1cccc([N+](=O)[O-])c1. The summed E-state index contributed by atoms with van der Waals surface area (Å²) in [6.07, 6.45) is 0. The van der Waals surface area contributed by atoms with Crippen molar-refractivity contribution in [2.45, 2.75) is 19.8 Å². The van der Waals surface area contributed by atoms with Crippen LogP contribution in [0.4, 0.5) is 5.69 Å². The molecule has 1 aromatic rings. The monoisotopic (exact) mass is 447 g/mol. The van der Waals surface area contributed by atoms with E-state index in [1.54, 1.807) is 19.9 Å². The Kier molecular flexibility index (Phi) is 8.91.